The fourth-order valence-corrected chi connectivity index (χ4v) is 3.19. The molecule has 1 N–H and O–H groups in total. The molecule has 2 heterocycles. The Bertz CT molecular complexity index is 506. The van der Waals surface area contributed by atoms with Gasteiger partial charge in [-0.25, -0.2) is 8.42 Å². The fraction of sp³-hybridized carbons (Fsp3) is 0.692. The predicted octanol–water partition coefficient (Wildman–Crippen LogP) is 0.470. The molecule has 1 atom stereocenters. The van der Waals surface area contributed by atoms with Gasteiger partial charge in [-0.15, -0.1) is 5.10 Å². The van der Waals surface area contributed by atoms with Crippen LogP contribution in [0.4, 0.5) is 5.82 Å². The second kappa shape index (κ2) is 6.99. The Morgan fingerprint density at radius 2 is 2.35 bits per heavy atom. The van der Waals surface area contributed by atoms with Crippen LogP contribution in [0.3, 0.4) is 0 Å². The summed E-state index contributed by atoms with van der Waals surface area (Å²) in [6.07, 6.45) is 5.91. The summed E-state index contributed by atoms with van der Waals surface area (Å²) in [4.78, 5) is 2.27. The molecular weight excluding hydrogens is 276 g/mol. The molecule has 1 aromatic heterocycles. The van der Waals surface area contributed by atoms with Crippen molar-refractivity contribution in [3.8, 4) is 0 Å². The second-order valence-electron chi connectivity index (χ2n) is 5.26. The van der Waals surface area contributed by atoms with E-state index in [-0.39, 0.29) is 5.75 Å². The lowest BCUT2D eigenvalue weighted by Gasteiger charge is -2.25. The second-order valence-corrected chi connectivity index (χ2v) is 7.52. The lowest BCUT2D eigenvalue weighted by molar-refractivity contribution is 0.562. The highest BCUT2D eigenvalue weighted by Gasteiger charge is 2.25. The molecule has 0 saturated carbocycles. The van der Waals surface area contributed by atoms with Crippen molar-refractivity contribution in [2.24, 2.45) is 0 Å². The molecule has 112 valence electrons. The predicted molar refractivity (Wildman–Crippen MR) is 79.6 cm³/mol. The van der Waals surface area contributed by atoms with Gasteiger partial charge >= 0.3 is 0 Å². The van der Waals surface area contributed by atoms with Crippen LogP contribution in [0, 0.1) is 0 Å². The molecule has 0 aromatic carbocycles. The average Bonchev–Trinajstić information content (AvgIpc) is 2.86. The van der Waals surface area contributed by atoms with E-state index in [0.29, 0.717) is 12.5 Å². The minimum Gasteiger partial charge on any atom is -0.351 e. The van der Waals surface area contributed by atoms with Crippen molar-refractivity contribution >= 4 is 15.7 Å². The summed E-state index contributed by atoms with van der Waals surface area (Å²) in [6.45, 7) is 2.60. The Morgan fingerprint density at radius 1 is 1.50 bits per heavy atom. The van der Waals surface area contributed by atoms with Crippen molar-refractivity contribution in [3.63, 3.8) is 0 Å². The van der Waals surface area contributed by atoms with E-state index in [1.165, 1.54) is 6.26 Å². The summed E-state index contributed by atoms with van der Waals surface area (Å²) in [5, 5.41) is 11.4. The number of sulfone groups is 1. The third kappa shape index (κ3) is 4.72. The first-order valence-corrected chi connectivity index (χ1v) is 9.05. The van der Waals surface area contributed by atoms with E-state index in [9.17, 15) is 8.42 Å². The van der Waals surface area contributed by atoms with Gasteiger partial charge in [0, 0.05) is 31.6 Å². The van der Waals surface area contributed by atoms with Crippen molar-refractivity contribution in [1.82, 2.24) is 15.5 Å². The summed E-state index contributed by atoms with van der Waals surface area (Å²) in [5.41, 5.74) is 0. The van der Waals surface area contributed by atoms with Gasteiger partial charge in [0.25, 0.3) is 0 Å². The maximum Gasteiger partial charge on any atom is 0.151 e. The summed E-state index contributed by atoms with van der Waals surface area (Å²) in [7, 11) is -2.85. The van der Waals surface area contributed by atoms with Crippen LogP contribution in [0.5, 0.6) is 0 Å². The Morgan fingerprint density at radius 3 is 3.05 bits per heavy atom. The summed E-state index contributed by atoms with van der Waals surface area (Å²) >= 11 is 0. The van der Waals surface area contributed by atoms with Crippen LogP contribution in [0.1, 0.15) is 19.3 Å². The van der Waals surface area contributed by atoms with Crippen molar-refractivity contribution in [1.29, 1.82) is 0 Å². The first-order chi connectivity index (χ1) is 9.56. The highest BCUT2D eigenvalue weighted by atomic mass is 32.2. The molecule has 0 aliphatic carbocycles. The molecule has 6 nitrogen and oxygen atoms in total. The Kier molecular flexibility index (Phi) is 5.31. The number of nitrogens with one attached hydrogen (secondary N) is 1. The molecular formula is C13H22N4O2S. The zero-order chi connectivity index (χ0) is 14.4. The molecule has 1 aliphatic rings. The average molecular weight is 298 g/mol. The zero-order valence-electron chi connectivity index (χ0n) is 11.8. The zero-order valence-corrected chi connectivity index (χ0v) is 12.6. The van der Waals surface area contributed by atoms with Crippen molar-refractivity contribution < 1.29 is 8.42 Å². The fourth-order valence-electron chi connectivity index (χ4n) is 2.52. The van der Waals surface area contributed by atoms with Gasteiger partial charge in [-0.2, -0.15) is 5.10 Å². The van der Waals surface area contributed by atoms with Gasteiger partial charge in [0.05, 0.1) is 5.75 Å². The highest BCUT2D eigenvalue weighted by Crippen LogP contribution is 2.22. The van der Waals surface area contributed by atoms with E-state index in [1.807, 2.05) is 12.1 Å². The van der Waals surface area contributed by atoms with E-state index in [2.05, 4.69) is 20.4 Å². The molecule has 0 spiro atoms. The monoisotopic (exact) mass is 298 g/mol. The normalized spacial score (nSPS) is 19.4. The lowest BCUT2D eigenvalue weighted by atomic mass is 10.2. The van der Waals surface area contributed by atoms with E-state index in [0.717, 1.165) is 38.3 Å². The van der Waals surface area contributed by atoms with Crippen LogP contribution in [0.25, 0.3) is 0 Å². The van der Waals surface area contributed by atoms with Crippen LogP contribution in [0.15, 0.2) is 18.3 Å². The number of anilines is 1. The summed E-state index contributed by atoms with van der Waals surface area (Å²) in [6, 6.07) is 4.30. The third-order valence-corrected chi connectivity index (χ3v) is 4.51. The minimum absolute atomic E-state index is 0.249. The van der Waals surface area contributed by atoms with Crippen LogP contribution in [-0.4, -0.2) is 56.3 Å². The van der Waals surface area contributed by atoms with Gasteiger partial charge in [0.1, 0.15) is 9.84 Å². The van der Waals surface area contributed by atoms with Gasteiger partial charge < -0.3 is 10.2 Å². The van der Waals surface area contributed by atoms with Gasteiger partial charge in [-0.05, 0) is 37.9 Å². The number of hydrogen-bond donors (Lipinski definition) is 1. The molecule has 1 aromatic rings. The minimum atomic E-state index is -2.85. The maximum atomic E-state index is 11.0. The molecule has 0 bridgehead atoms. The molecule has 20 heavy (non-hydrogen) atoms. The van der Waals surface area contributed by atoms with Crippen LogP contribution in [-0.2, 0) is 9.84 Å². The smallest absolute Gasteiger partial charge is 0.151 e. The lowest BCUT2D eigenvalue weighted by Crippen LogP contribution is -2.39. The first-order valence-electron chi connectivity index (χ1n) is 6.99. The SMILES string of the molecule is CS(=O)(=O)CCCNCC1CCCN1c1cccnn1. The maximum absolute atomic E-state index is 11.0. The van der Waals surface area contributed by atoms with Gasteiger partial charge in [-0.3, -0.25) is 0 Å². The Hall–Kier alpha value is -1.21. The van der Waals surface area contributed by atoms with Crippen LogP contribution >= 0.6 is 0 Å². The molecule has 1 fully saturated rings. The van der Waals surface area contributed by atoms with Crippen molar-refractivity contribution in [2.45, 2.75) is 25.3 Å². The number of hydrogen-bond acceptors (Lipinski definition) is 6. The molecule has 1 saturated heterocycles. The van der Waals surface area contributed by atoms with Crippen LogP contribution in [0.2, 0.25) is 0 Å². The van der Waals surface area contributed by atoms with Gasteiger partial charge in [-0.1, -0.05) is 0 Å². The van der Waals surface area contributed by atoms with Crippen LogP contribution < -0.4 is 10.2 Å². The van der Waals surface area contributed by atoms with Gasteiger partial charge in [0.2, 0.25) is 0 Å². The molecule has 0 radical (unpaired) electrons. The number of nitrogens with zero attached hydrogens (tertiary/aromatic N) is 3. The molecule has 7 heteroatoms. The topological polar surface area (TPSA) is 75.2 Å². The molecule has 2 rings (SSSR count). The molecule has 1 aliphatic heterocycles. The Balaban J connectivity index is 1.75. The van der Waals surface area contributed by atoms with E-state index in [1.54, 1.807) is 6.20 Å². The molecule has 1 unspecified atom stereocenters. The first kappa shape index (κ1) is 15.2. The molecule has 0 amide bonds. The van der Waals surface area contributed by atoms with E-state index in [4.69, 9.17) is 0 Å². The summed E-state index contributed by atoms with van der Waals surface area (Å²) in [5.74, 6) is 1.17. The van der Waals surface area contributed by atoms with Crippen molar-refractivity contribution in [2.75, 3.05) is 36.5 Å². The van der Waals surface area contributed by atoms with E-state index >= 15 is 0 Å². The Labute approximate surface area is 120 Å². The van der Waals surface area contributed by atoms with Gasteiger partial charge in [0.15, 0.2) is 5.82 Å². The number of rotatable bonds is 7. The summed E-state index contributed by atoms with van der Waals surface area (Å²) < 4.78 is 22.1. The largest absolute Gasteiger partial charge is 0.351 e. The number of aromatic nitrogens is 2. The standard InChI is InChI=1S/C13H22N4O2S/c1-20(18,19)10-4-7-14-11-12-5-3-9-17(12)13-6-2-8-15-16-13/h2,6,8,12,14H,3-5,7,9-11H2,1H3. The highest BCUT2D eigenvalue weighted by molar-refractivity contribution is 7.90. The quantitative estimate of drug-likeness (QED) is 0.738. The van der Waals surface area contributed by atoms with Crippen molar-refractivity contribution in [3.05, 3.63) is 18.3 Å². The third-order valence-electron chi connectivity index (χ3n) is 3.48. The van der Waals surface area contributed by atoms with E-state index < -0.39 is 9.84 Å².